The molecule has 0 bridgehead atoms. The molecule has 0 saturated heterocycles. The van der Waals surface area contributed by atoms with Gasteiger partial charge in [0, 0.05) is 19.3 Å². The second kappa shape index (κ2) is 67.6. The first-order valence-electron chi connectivity index (χ1n) is 33.9. The highest BCUT2D eigenvalue weighted by Crippen LogP contribution is 2.17. The molecule has 0 aromatic carbocycles. The van der Waals surface area contributed by atoms with Gasteiger partial charge in [-0.15, -0.1) is 0 Å². The summed E-state index contributed by atoms with van der Waals surface area (Å²) in [5, 5.41) is 0. The molecule has 0 radical (unpaired) electrons. The van der Waals surface area contributed by atoms with Crippen molar-refractivity contribution in [2.75, 3.05) is 13.2 Å². The lowest BCUT2D eigenvalue weighted by Crippen LogP contribution is -2.30. The number of carbonyl (C=O) groups excluding carboxylic acids is 3. The molecule has 0 aliphatic carbocycles. The van der Waals surface area contributed by atoms with Crippen molar-refractivity contribution in [1.82, 2.24) is 0 Å². The van der Waals surface area contributed by atoms with E-state index in [1.165, 1.54) is 154 Å². The van der Waals surface area contributed by atoms with E-state index in [1.54, 1.807) is 0 Å². The zero-order chi connectivity index (χ0) is 57.8. The number of ether oxygens (including phenoxy) is 3. The van der Waals surface area contributed by atoms with Crippen molar-refractivity contribution in [3.05, 3.63) is 109 Å². The summed E-state index contributed by atoms with van der Waals surface area (Å²) in [5.74, 6) is -0.897. The topological polar surface area (TPSA) is 78.9 Å². The molecular weight excluding hydrogens is 985 g/mol. The standard InChI is InChI=1S/C74H126O6/c1-4-7-10-13-16-19-22-25-28-31-34-36-37-38-41-43-46-49-52-55-58-61-64-67-73(76)79-70-71(69-78-72(75)66-63-60-57-54-51-48-45-42-39-33-30-27-24-21-18-15-12-9-6-3)80-74(77)68-65-62-59-56-53-50-47-44-40-35-32-29-26-23-20-17-14-11-8-5-2/h7,9-10,12,16,18-19,21,25,27-28,30,34,36,38-39,41-42,71H,4-6,8,11,13-15,17,20,22-24,26,29,31-33,35,37,40,43-70H2,1-3H3/b10-7-,12-9-,19-16-,21-18-,28-25-,30-27-,36-34-,41-38-,42-39-. The van der Waals surface area contributed by atoms with E-state index in [2.05, 4.69) is 130 Å². The van der Waals surface area contributed by atoms with Crippen molar-refractivity contribution < 1.29 is 28.6 Å². The minimum absolute atomic E-state index is 0.0874. The normalized spacial score (nSPS) is 12.8. The zero-order valence-corrected chi connectivity index (χ0v) is 52.6. The van der Waals surface area contributed by atoms with Crippen LogP contribution in [0.2, 0.25) is 0 Å². The van der Waals surface area contributed by atoms with Gasteiger partial charge >= 0.3 is 17.9 Å². The lowest BCUT2D eigenvalue weighted by atomic mass is 10.0. The van der Waals surface area contributed by atoms with Crippen LogP contribution >= 0.6 is 0 Å². The Hall–Kier alpha value is -3.93. The summed E-state index contributed by atoms with van der Waals surface area (Å²) in [6, 6.07) is 0. The van der Waals surface area contributed by atoms with Crippen LogP contribution in [-0.4, -0.2) is 37.2 Å². The van der Waals surface area contributed by atoms with Crippen LogP contribution in [0, 0.1) is 0 Å². The van der Waals surface area contributed by atoms with Gasteiger partial charge in [0.05, 0.1) is 0 Å². The van der Waals surface area contributed by atoms with Crippen LogP contribution < -0.4 is 0 Å². The second-order valence-corrected chi connectivity index (χ2v) is 22.3. The predicted octanol–water partition coefficient (Wildman–Crippen LogP) is 23.4. The van der Waals surface area contributed by atoms with Gasteiger partial charge in [-0.25, -0.2) is 0 Å². The van der Waals surface area contributed by atoms with Crippen molar-refractivity contribution in [2.24, 2.45) is 0 Å². The summed E-state index contributed by atoms with van der Waals surface area (Å²) in [7, 11) is 0. The van der Waals surface area contributed by atoms with E-state index in [0.717, 1.165) is 128 Å². The summed E-state index contributed by atoms with van der Waals surface area (Å²) in [5.41, 5.74) is 0. The molecule has 0 aliphatic rings. The van der Waals surface area contributed by atoms with Gasteiger partial charge in [0.25, 0.3) is 0 Å². The van der Waals surface area contributed by atoms with Gasteiger partial charge in [-0.1, -0.05) is 310 Å². The van der Waals surface area contributed by atoms with Crippen LogP contribution in [0.25, 0.3) is 0 Å². The smallest absolute Gasteiger partial charge is 0.306 e. The first-order chi connectivity index (χ1) is 39.5. The van der Waals surface area contributed by atoms with Gasteiger partial charge in [-0.2, -0.15) is 0 Å². The van der Waals surface area contributed by atoms with Crippen LogP contribution in [0.3, 0.4) is 0 Å². The minimum atomic E-state index is -0.791. The Morgan fingerprint density at radius 3 is 0.762 bits per heavy atom. The van der Waals surface area contributed by atoms with E-state index in [9.17, 15) is 14.4 Å². The van der Waals surface area contributed by atoms with Crippen LogP contribution in [0.4, 0.5) is 0 Å². The molecule has 0 spiro atoms. The number of unbranched alkanes of at least 4 members (excludes halogenated alkanes) is 32. The lowest BCUT2D eigenvalue weighted by molar-refractivity contribution is -0.167. The molecule has 1 unspecified atom stereocenters. The highest BCUT2D eigenvalue weighted by Gasteiger charge is 2.19. The van der Waals surface area contributed by atoms with Crippen molar-refractivity contribution in [3.8, 4) is 0 Å². The molecule has 0 fully saturated rings. The largest absolute Gasteiger partial charge is 0.462 e. The van der Waals surface area contributed by atoms with Gasteiger partial charge in [-0.3, -0.25) is 14.4 Å². The van der Waals surface area contributed by atoms with Gasteiger partial charge < -0.3 is 14.2 Å². The van der Waals surface area contributed by atoms with Gasteiger partial charge in [0.1, 0.15) is 13.2 Å². The average Bonchev–Trinajstić information content (AvgIpc) is 3.46. The molecule has 0 saturated carbocycles. The molecule has 458 valence electrons. The Balaban J connectivity index is 4.42. The molecule has 0 rings (SSSR count). The van der Waals surface area contributed by atoms with E-state index >= 15 is 0 Å². The Morgan fingerprint density at radius 1 is 0.263 bits per heavy atom. The minimum Gasteiger partial charge on any atom is -0.462 e. The third-order valence-electron chi connectivity index (χ3n) is 14.5. The fourth-order valence-corrected chi connectivity index (χ4v) is 9.52. The van der Waals surface area contributed by atoms with Crippen LogP contribution in [-0.2, 0) is 28.6 Å². The molecular formula is C74H126O6. The summed E-state index contributed by atoms with van der Waals surface area (Å²) >= 11 is 0. The Kier molecular flexibility index (Phi) is 64.3. The number of hydrogen-bond acceptors (Lipinski definition) is 6. The third-order valence-corrected chi connectivity index (χ3v) is 14.5. The number of rotatable bonds is 61. The number of hydrogen-bond donors (Lipinski definition) is 0. The zero-order valence-electron chi connectivity index (χ0n) is 52.6. The maximum Gasteiger partial charge on any atom is 0.306 e. The maximum absolute atomic E-state index is 13.0. The molecule has 1 atom stereocenters. The fraction of sp³-hybridized carbons (Fsp3) is 0.716. The summed E-state index contributed by atoms with van der Waals surface area (Å²) in [6.07, 6.45) is 92.4. The van der Waals surface area contributed by atoms with E-state index in [4.69, 9.17) is 14.2 Å². The molecule has 0 aromatic rings. The Labute approximate surface area is 495 Å². The van der Waals surface area contributed by atoms with E-state index in [-0.39, 0.29) is 31.1 Å². The Morgan fingerprint density at radius 2 is 0.487 bits per heavy atom. The SMILES string of the molecule is CC/C=C\C/C=C\C/C=C\C/C=C\C/C=C\CCCCCCCCCC(=O)OCC(COC(=O)CCCCCCCC/C=C\C/C=C\C/C=C\C/C=C\CC)OC(=O)CCCCCCCCCCCCCCCCCCCCCC. The maximum atomic E-state index is 13.0. The quantitative estimate of drug-likeness (QED) is 0.0261. The lowest BCUT2D eigenvalue weighted by Gasteiger charge is -2.18. The molecule has 80 heavy (non-hydrogen) atoms. The molecule has 0 N–H and O–H groups in total. The molecule has 6 heteroatoms. The number of esters is 3. The highest BCUT2D eigenvalue weighted by molar-refractivity contribution is 5.71. The van der Waals surface area contributed by atoms with E-state index < -0.39 is 6.10 Å². The monoisotopic (exact) mass is 1110 g/mol. The summed E-state index contributed by atoms with van der Waals surface area (Å²) in [6.45, 7) is 6.43. The van der Waals surface area contributed by atoms with Crippen LogP contribution in [0.15, 0.2) is 109 Å². The van der Waals surface area contributed by atoms with Crippen molar-refractivity contribution in [1.29, 1.82) is 0 Å². The van der Waals surface area contributed by atoms with Crippen molar-refractivity contribution >= 4 is 17.9 Å². The third kappa shape index (κ3) is 64.9. The average molecular weight is 1110 g/mol. The van der Waals surface area contributed by atoms with Gasteiger partial charge in [-0.05, 0) is 103 Å². The first kappa shape index (κ1) is 76.1. The fourth-order valence-electron chi connectivity index (χ4n) is 9.52. The molecule has 0 aliphatic heterocycles. The number of carbonyl (C=O) groups is 3. The molecule has 0 heterocycles. The predicted molar refractivity (Wildman–Crippen MR) is 348 cm³/mol. The van der Waals surface area contributed by atoms with Crippen molar-refractivity contribution in [3.63, 3.8) is 0 Å². The number of allylic oxidation sites excluding steroid dienone is 18. The van der Waals surface area contributed by atoms with Crippen LogP contribution in [0.5, 0.6) is 0 Å². The van der Waals surface area contributed by atoms with Crippen molar-refractivity contribution in [2.45, 2.75) is 329 Å². The van der Waals surface area contributed by atoms with Crippen LogP contribution in [0.1, 0.15) is 323 Å². The first-order valence-corrected chi connectivity index (χ1v) is 33.9. The summed E-state index contributed by atoms with van der Waals surface area (Å²) in [4.78, 5) is 38.5. The molecule has 0 amide bonds. The van der Waals surface area contributed by atoms with Gasteiger partial charge in [0.2, 0.25) is 0 Å². The molecule has 6 nitrogen and oxygen atoms in total. The highest BCUT2D eigenvalue weighted by atomic mass is 16.6. The van der Waals surface area contributed by atoms with E-state index in [1.807, 2.05) is 0 Å². The van der Waals surface area contributed by atoms with E-state index in [0.29, 0.717) is 19.3 Å². The Bertz CT molecular complexity index is 1610. The molecule has 0 aromatic heterocycles. The van der Waals surface area contributed by atoms with Gasteiger partial charge in [0.15, 0.2) is 6.10 Å². The second-order valence-electron chi connectivity index (χ2n) is 22.3. The summed E-state index contributed by atoms with van der Waals surface area (Å²) < 4.78 is 17.0.